The topological polar surface area (TPSA) is 85.2 Å². The second kappa shape index (κ2) is 10.1. The molecular weight excluding hydrogens is 443 g/mol. The van der Waals surface area contributed by atoms with Gasteiger partial charge in [0, 0.05) is 39.3 Å². The van der Waals surface area contributed by atoms with Gasteiger partial charge in [-0.15, -0.1) is 24.0 Å². The first kappa shape index (κ1) is 21.9. The summed E-state index contributed by atoms with van der Waals surface area (Å²) in [6.45, 7) is 6.48. The first-order chi connectivity index (χ1) is 10.9. The van der Waals surface area contributed by atoms with Crippen LogP contribution in [0.25, 0.3) is 0 Å². The molecule has 142 valence electrons. The van der Waals surface area contributed by atoms with Crippen LogP contribution < -0.4 is 5.32 Å². The van der Waals surface area contributed by atoms with E-state index in [1.165, 1.54) is 6.26 Å². The zero-order chi connectivity index (χ0) is 16.9. The standard InChI is InChI=1S/C15H30N4O3S.HI/c1-3-16-15(18-8-6-14(20)7-9-18)17-12-13-4-10-19(11-5-13)23(2,21)22;/h13-14,20H,3-12H2,1-2H3,(H,16,17);1H. The molecule has 2 aliphatic heterocycles. The number of halogens is 1. The summed E-state index contributed by atoms with van der Waals surface area (Å²) in [4.78, 5) is 6.97. The molecule has 9 heteroatoms. The summed E-state index contributed by atoms with van der Waals surface area (Å²) in [6.07, 6.45) is 4.41. The smallest absolute Gasteiger partial charge is 0.211 e. The van der Waals surface area contributed by atoms with E-state index in [-0.39, 0.29) is 30.1 Å². The van der Waals surface area contributed by atoms with Gasteiger partial charge in [0.25, 0.3) is 0 Å². The molecule has 0 aromatic carbocycles. The largest absolute Gasteiger partial charge is 0.393 e. The van der Waals surface area contributed by atoms with Crippen LogP contribution in [0.4, 0.5) is 0 Å². The quantitative estimate of drug-likeness (QED) is 0.356. The molecule has 0 spiro atoms. The first-order valence-electron chi connectivity index (χ1n) is 8.56. The highest BCUT2D eigenvalue weighted by molar-refractivity contribution is 14.0. The van der Waals surface area contributed by atoms with Crippen LogP contribution in [0.5, 0.6) is 0 Å². The van der Waals surface area contributed by atoms with Gasteiger partial charge in [0.2, 0.25) is 10.0 Å². The van der Waals surface area contributed by atoms with E-state index < -0.39 is 10.0 Å². The number of rotatable bonds is 4. The first-order valence-corrected chi connectivity index (χ1v) is 10.4. The third-order valence-corrected chi connectivity index (χ3v) is 5.94. The molecule has 0 amide bonds. The van der Waals surface area contributed by atoms with Crippen molar-refractivity contribution < 1.29 is 13.5 Å². The number of nitrogens with one attached hydrogen (secondary N) is 1. The van der Waals surface area contributed by atoms with E-state index in [0.717, 1.165) is 57.8 Å². The van der Waals surface area contributed by atoms with Crippen LogP contribution in [0, 0.1) is 5.92 Å². The van der Waals surface area contributed by atoms with Crippen molar-refractivity contribution in [1.29, 1.82) is 0 Å². The summed E-state index contributed by atoms with van der Waals surface area (Å²) in [5.41, 5.74) is 0. The van der Waals surface area contributed by atoms with Crippen LogP contribution in [0.3, 0.4) is 0 Å². The highest BCUT2D eigenvalue weighted by atomic mass is 127. The molecule has 7 nitrogen and oxygen atoms in total. The van der Waals surface area contributed by atoms with Crippen molar-refractivity contribution in [3.63, 3.8) is 0 Å². The second-order valence-corrected chi connectivity index (χ2v) is 8.50. The summed E-state index contributed by atoms with van der Waals surface area (Å²) in [5, 5.41) is 13.0. The average molecular weight is 474 g/mol. The summed E-state index contributed by atoms with van der Waals surface area (Å²) in [7, 11) is -3.06. The van der Waals surface area contributed by atoms with Crippen molar-refractivity contribution in [3.05, 3.63) is 0 Å². The molecule has 2 heterocycles. The molecule has 0 saturated carbocycles. The molecule has 2 fully saturated rings. The van der Waals surface area contributed by atoms with E-state index in [9.17, 15) is 13.5 Å². The van der Waals surface area contributed by atoms with Crippen LogP contribution in [0.2, 0.25) is 0 Å². The van der Waals surface area contributed by atoms with Gasteiger partial charge in [0.05, 0.1) is 12.4 Å². The third kappa shape index (κ3) is 6.64. The Hall–Kier alpha value is -0.130. The fourth-order valence-electron chi connectivity index (χ4n) is 3.14. The van der Waals surface area contributed by atoms with E-state index in [0.29, 0.717) is 19.0 Å². The molecule has 24 heavy (non-hydrogen) atoms. The van der Waals surface area contributed by atoms with Crippen LogP contribution in [-0.2, 0) is 10.0 Å². The van der Waals surface area contributed by atoms with E-state index >= 15 is 0 Å². The molecule has 0 unspecified atom stereocenters. The van der Waals surface area contributed by atoms with Gasteiger partial charge >= 0.3 is 0 Å². The SMILES string of the molecule is CCNC(=NCC1CCN(S(C)(=O)=O)CC1)N1CCC(O)CC1.I. The molecule has 0 aliphatic carbocycles. The molecular formula is C15H31IN4O3S. The average Bonchev–Trinajstić information content (AvgIpc) is 2.52. The number of hydrogen-bond donors (Lipinski definition) is 2. The zero-order valence-electron chi connectivity index (χ0n) is 14.6. The lowest BCUT2D eigenvalue weighted by Crippen LogP contribution is -2.47. The maximum Gasteiger partial charge on any atom is 0.211 e. The number of aliphatic hydroxyl groups excluding tert-OH is 1. The lowest BCUT2D eigenvalue weighted by Gasteiger charge is -2.33. The highest BCUT2D eigenvalue weighted by Gasteiger charge is 2.25. The minimum atomic E-state index is -3.06. The molecule has 0 radical (unpaired) electrons. The summed E-state index contributed by atoms with van der Waals surface area (Å²) in [5.74, 6) is 1.36. The Bertz CT molecular complexity index is 499. The van der Waals surface area contributed by atoms with Crippen molar-refractivity contribution in [1.82, 2.24) is 14.5 Å². The number of aliphatic hydroxyl groups is 1. The Balaban J connectivity index is 0.00000288. The predicted octanol–water partition coefficient (Wildman–Crippen LogP) is 0.698. The van der Waals surface area contributed by atoms with Crippen LogP contribution in [0.15, 0.2) is 4.99 Å². The number of hydrogen-bond acceptors (Lipinski definition) is 4. The molecule has 2 aliphatic rings. The predicted molar refractivity (Wildman–Crippen MR) is 107 cm³/mol. The van der Waals surface area contributed by atoms with E-state index in [1.54, 1.807) is 4.31 Å². The molecule has 0 aromatic rings. The van der Waals surface area contributed by atoms with Gasteiger partial charge in [-0.05, 0) is 38.5 Å². The fourth-order valence-corrected chi connectivity index (χ4v) is 4.02. The number of nitrogens with zero attached hydrogens (tertiary/aromatic N) is 3. The monoisotopic (exact) mass is 474 g/mol. The van der Waals surface area contributed by atoms with Gasteiger partial charge in [-0.2, -0.15) is 0 Å². The Morgan fingerprint density at radius 2 is 1.75 bits per heavy atom. The molecule has 2 rings (SSSR count). The van der Waals surface area contributed by atoms with E-state index in [2.05, 4.69) is 17.1 Å². The van der Waals surface area contributed by atoms with E-state index in [4.69, 9.17) is 4.99 Å². The van der Waals surface area contributed by atoms with Crippen molar-refractivity contribution in [3.8, 4) is 0 Å². The minimum absolute atomic E-state index is 0. The Morgan fingerprint density at radius 3 is 2.25 bits per heavy atom. The molecule has 0 atom stereocenters. The van der Waals surface area contributed by atoms with E-state index in [1.807, 2.05) is 0 Å². The number of piperidine rings is 2. The zero-order valence-corrected chi connectivity index (χ0v) is 17.8. The number of aliphatic imine (C=N–C) groups is 1. The second-order valence-electron chi connectivity index (χ2n) is 6.52. The number of sulfonamides is 1. The Kier molecular flexibility index (Phi) is 9.24. The third-order valence-electron chi connectivity index (χ3n) is 4.64. The maximum absolute atomic E-state index is 11.5. The van der Waals surface area contributed by atoms with Gasteiger partial charge in [0.1, 0.15) is 0 Å². The van der Waals surface area contributed by atoms with Gasteiger partial charge in [-0.1, -0.05) is 0 Å². The Morgan fingerprint density at radius 1 is 1.17 bits per heavy atom. The lowest BCUT2D eigenvalue weighted by atomic mass is 9.98. The van der Waals surface area contributed by atoms with Gasteiger partial charge in [-0.25, -0.2) is 12.7 Å². The van der Waals surface area contributed by atoms with Crippen molar-refractivity contribution >= 4 is 40.0 Å². The van der Waals surface area contributed by atoms with Crippen LogP contribution in [0.1, 0.15) is 32.6 Å². The Labute approximate surface area is 163 Å². The van der Waals surface area contributed by atoms with Crippen molar-refractivity contribution in [2.24, 2.45) is 10.9 Å². The molecule has 0 bridgehead atoms. The van der Waals surface area contributed by atoms with Crippen molar-refractivity contribution in [2.45, 2.75) is 38.7 Å². The highest BCUT2D eigenvalue weighted by Crippen LogP contribution is 2.19. The van der Waals surface area contributed by atoms with Crippen molar-refractivity contribution in [2.75, 3.05) is 45.5 Å². The molecule has 0 aromatic heterocycles. The normalized spacial score (nSPS) is 22.3. The maximum atomic E-state index is 11.5. The van der Waals surface area contributed by atoms with Crippen LogP contribution in [-0.4, -0.2) is 80.3 Å². The van der Waals surface area contributed by atoms with Gasteiger partial charge in [-0.3, -0.25) is 4.99 Å². The molecule has 2 N–H and O–H groups in total. The minimum Gasteiger partial charge on any atom is -0.393 e. The summed E-state index contributed by atoms with van der Waals surface area (Å²) >= 11 is 0. The summed E-state index contributed by atoms with van der Waals surface area (Å²) < 4.78 is 24.6. The summed E-state index contributed by atoms with van der Waals surface area (Å²) in [6, 6.07) is 0. The fraction of sp³-hybridized carbons (Fsp3) is 0.933. The lowest BCUT2D eigenvalue weighted by molar-refractivity contribution is 0.108. The molecule has 2 saturated heterocycles. The number of likely N-dealkylation sites (tertiary alicyclic amines) is 1. The van der Waals surface area contributed by atoms with Gasteiger partial charge < -0.3 is 15.3 Å². The number of guanidine groups is 1. The van der Waals surface area contributed by atoms with Crippen LogP contribution >= 0.6 is 24.0 Å². The van der Waals surface area contributed by atoms with Gasteiger partial charge in [0.15, 0.2) is 5.96 Å².